The molecule has 2 aliphatic heterocycles. The molecule has 0 radical (unpaired) electrons. The summed E-state index contributed by atoms with van der Waals surface area (Å²) in [5, 5.41) is 0. The van der Waals surface area contributed by atoms with Crippen LogP contribution in [0.25, 0.3) is 0 Å². The van der Waals surface area contributed by atoms with E-state index < -0.39 is 38.5 Å². The number of pyridine rings is 1. The van der Waals surface area contributed by atoms with Crippen molar-refractivity contribution >= 4 is 27.6 Å². The molecular formula is C16H20N4O6S. The minimum atomic E-state index is -4.16. The van der Waals surface area contributed by atoms with E-state index in [2.05, 4.69) is 4.98 Å². The van der Waals surface area contributed by atoms with Crippen LogP contribution in [0.1, 0.15) is 25.7 Å². The van der Waals surface area contributed by atoms with E-state index in [1.165, 1.54) is 23.2 Å². The van der Waals surface area contributed by atoms with E-state index in [1.54, 1.807) is 0 Å². The maximum Gasteiger partial charge on any atom is 0.268 e. The van der Waals surface area contributed by atoms with E-state index in [1.807, 2.05) is 0 Å². The van der Waals surface area contributed by atoms with Crippen LogP contribution in [0.3, 0.4) is 0 Å². The molecule has 0 bridgehead atoms. The molecule has 2 amide bonds. The first-order valence-corrected chi connectivity index (χ1v) is 9.97. The summed E-state index contributed by atoms with van der Waals surface area (Å²) >= 11 is 0. The number of H-pyrrole nitrogens is 1. The summed E-state index contributed by atoms with van der Waals surface area (Å²) in [6, 6.07) is 1.03. The summed E-state index contributed by atoms with van der Waals surface area (Å²) in [4.78, 5) is 50.8. The third-order valence-electron chi connectivity index (χ3n) is 4.88. The summed E-state index contributed by atoms with van der Waals surface area (Å²) in [5.41, 5.74) is 4.30. The number of ketones is 1. The summed E-state index contributed by atoms with van der Waals surface area (Å²) in [6.07, 6.45) is 2.03. The van der Waals surface area contributed by atoms with Gasteiger partial charge in [-0.3, -0.25) is 19.2 Å². The Balaban J connectivity index is 1.79. The van der Waals surface area contributed by atoms with Crippen LogP contribution in [-0.4, -0.2) is 65.4 Å². The van der Waals surface area contributed by atoms with Gasteiger partial charge in [0.15, 0.2) is 5.78 Å². The lowest BCUT2D eigenvalue weighted by Crippen LogP contribution is -2.44. The topological polar surface area (TPSA) is 151 Å². The quantitative estimate of drug-likeness (QED) is 0.602. The summed E-state index contributed by atoms with van der Waals surface area (Å²) in [7, 11) is -4.16. The lowest BCUT2D eigenvalue weighted by Gasteiger charge is -2.24. The fraction of sp³-hybridized carbons (Fsp3) is 0.500. The van der Waals surface area contributed by atoms with Crippen LogP contribution >= 0.6 is 0 Å². The number of hydrogen-bond acceptors (Lipinski definition) is 6. The van der Waals surface area contributed by atoms with Crippen molar-refractivity contribution in [1.29, 1.82) is 0 Å². The molecule has 1 aromatic heterocycles. The van der Waals surface area contributed by atoms with Crippen molar-refractivity contribution in [2.45, 2.75) is 42.7 Å². The minimum Gasteiger partial charge on any atom is -0.370 e. The molecule has 2 fully saturated rings. The Morgan fingerprint density at radius 3 is 2.67 bits per heavy atom. The highest BCUT2D eigenvalue weighted by Crippen LogP contribution is 2.33. The number of primary amides is 1. The first kappa shape index (κ1) is 19.2. The number of fused-ring (bicyclic) bond motifs is 1. The van der Waals surface area contributed by atoms with Gasteiger partial charge in [-0.1, -0.05) is 0 Å². The minimum absolute atomic E-state index is 0.0601. The van der Waals surface area contributed by atoms with Crippen LogP contribution in [0.5, 0.6) is 0 Å². The van der Waals surface area contributed by atoms with Gasteiger partial charge in [-0.25, -0.2) is 8.42 Å². The van der Waals surface area contributed by atoms with E-state index >= 15 is 0 Å². The van der Waals surface area contributed by atoms with Crippen LogP contribution in [-0.2, 0) is 24.4 Å². The first-order valence-electron chi connectivity index (χ1n) is 8.53. The average Bonchev–Trinajstić information content (AvgIpc) is 3.16. The van der Waals surface area contributed by atoms with E-state index in [0.717, 1.165) is 4.31 Å². The SMILES string of the molecule is NC(=O)CCCC(=O)N1CCC2C1C(=O)CN2S(=O)(=O)c1ccc[nH]c1=O. The van der Waals surface area contributed by atoms with E-state index in [9.17, 15) is 27.6 Å². The molecule has 0 aliphatic carbocycles. The standard InChI is InChI=1S/C16H20N4O6S/c17-13(22)4-1-5-14(23)19-8-6-10-15(19)11(21)9-20(10)27(25,26)12-3-2-7-18-16(12)24/h2-3,7,10,15H,1,4-6,8-9H2,(H2,17,22)(H,18,24). The number of aromatic amines is 1. The van der Waals surface area contributed by atoms with Gasteiger partial charge in [0, 0.05) is 25.6 Å². The van der Waals surface area contributed by atoms with Crippen molar-refractivity contribution in [2.24, 2.45) is 5.73 Å². The first-order chi connectivity index (χ1) is 12.7. The zero-order chi connectivity index (χ0) is 19.8. The number of nitrogens with one attached hydrogen (secondary N) is 1. The largest absolute Gasteiger partial charge is 0.370 e. The second-order valence-corrected chi connectivity index (χ2v) is 8.45. The molecule has 0 saturated carbocycles. The fourth-order valence-corrected chi connectivity index (χ4v) is 5.34. The van der Waals surface area contributed by atoms with Gasteiger partial charge >= 0.3 is 0 Å². The van der Waals surface area contributed by atoms with Crippen LogP contribution in [0.15, 0.2) is 28.0 Å². The number of nitrogens with two attached hydrogens (primary N) is 1. The van der Waals surface area contributed by atoms with Crippen molar-refractivity contribution < 1.29 is 22.8 Å². The summed E-state index contributed by atoms with van der Waals surface area (Å²) in [5.74, 6) is -1.20. The molecule has 0 spiro atoms. The molecule has 146 valence electrons. The fourth-order valence-electron chi connectivity index (χ4n) is 3.67. The van der Waals surface area contributed by atoms with Gasteiger partial charge in [0.2, 0.25) is 21.8 Å². The van der Waals surface area contributed by atoms with Gasteiger partial charge in [-0.2, -0.15) is 4.31 Å². The number of sulfonamides is 1. The van der Waals surface area contributed by atoms with Gasteiger partial charge < -0.3 is 15.6 Å². The van der Waals surface area contributed by atoms with E-state index in [0.29, 0.717) is 6.42 Å². The van der Waals surface area contributed by atoms with Crippen molar-refractivity contribution in [3.05, 3.63) is 28.7 Å². The second-order valence-electron chi connectivity index (χ2n) is 6.59. The summed E-state index contributed by atoms with van der Waals surface area (Å²) < 4.78 is 26.7. The third-order valence-corrected chi connectivity index (χ3v) is 6.77. The van der Waals surface area contributed by atoms with E-state index in [-0.39, 0.29) is 44.0 Å². The van der Waals surface area contributed by atoms with Gasteiger partial charge in [0.25, 0.3) is 5.56 Å². The van der Waals surface area contributed by atoms with Crippen molar-refractivity contribution in [3.8, 4) is 0 Å². The van der Waals surface area contributed by atoms with Gasteiger partial charge in [0.1, 0.15) is 10.9 Å². The molecule has 1 aromatic rings. The molecule has 2 unspecified atom stereocenters. The number of amides is 2. The van der Waals surface area contributed by atoms with Gasteiger partial charge in [-0.05, 0) is 25.0 Å². The van der Waals surface area contributed by atoms with Crippen LogP contribution in [0, 0.1) is 0 Å². The molecule has 3 N–H and O–H groups in total. The predicted octanol–water partition coefficient (Wildman–Crippen LogP) is -1.43. The number of hydrogen-bond donors (Lipinski definition) is 2. The molecule has 0 aromatic carbocycles. The number of rotatable bonds is 6. The lowest BCUT2D eigenvalue weighted by atomic mass is 10.1. The zero-order valence-corrected chi connectivity index (χ0v) is 15.3. The van der Waals surface area contributed by atoms with Crippen molar-refractivity contribution in [3.63, 3.8) is 0 Å². The van der Waals surface area contributed by atoms with Gasteiger partial charge in [-0.15, -0.1) is 0 Å². The zero-order valence-electron chi connectivity index (χ0n) is 14.5. The molecule has 3 heterocycles. The number of nitrogens with zero attached hydrogens (tertiary/aromatic N) is 2. The highest BCUT2D eigenvalue weighted by molar-refractivity contribution is 7.89. The number of likely N-dealkylation sites (tertiary alicyclic amines) is 1. The lowest BCUT2D eigenvalue weighted by molar-refractivity contribution is -0.136. The Labute approximate surface area is 155 Å². The third kappa shape index (κ3) is 3.52. The smallest absolute Gasteiger partial charge is 0.268 e. The Bertz CT molecular complexity index is 940. The number of carbonyl (C=O) groups excluding carboxylic acids is 3. The predicted molar refractivity (Wildman–Crippen MR) is 92.9 cm³/mol. The molecule has 3 rings (SSSR count). The number of Topliss-reactive ketones (excluding diaryl/α,β-unsaturated/α-hetero) is 1. The molecule has 2 aliphatic rings. The normalized spacial score (nSPS) is 22.8. The molecule has 2 atom stereocenters. The van der Waals surface area contributed by atoms with Gasteiger partial charge in [0.05, 0.1) is 12.6 Å². The van der Waals surface area contributed by atoms with Crippen molar-refractivity contribution in [2.75, 3.05) is 13.1 Å². The maximum absolute atomic E-state index is 12.9. The second kappa shape index (κ2) is 7.24. The molecule has 11 heteroatoms. The number of carbonyl (C=O) groups is 3. The Kier molecular flexibility index (Phi) is 5.16. The average molecular weight is 396 g/mol. The van der Waals surface area contributed by atoms with Crippen LogP contribution in [0.4, 0.5) is 0 Å². The highest BCUT2D eigenvalue weighted by atomic mass is 32.2. The molecule has 10 nitrogen and oxygen atoms in total. The van der Waals surface area contributed by atoms with Crippen LogP contribution < -0.4 is 11.3 Å². The Hall–Kier alpha value is -2.53. The Morgan fingerprint density at radius 1 is 1.26 bits per heavy atom. The molecular weight excluding hydrogens is 376 g/mol. The Morgan fingerprint density at radius 2 is 2.00 bits per heavy atom. The highest BCUT2D eigenvalue weighted by Gasteiger charge is 2.53. The number of aromatic nitrogens is 1. The molecule has 2 saturated heterocycles. The summed E-state index contributed by atoms with van der Waals surface area (Å²) in [6.45, 7) is -0.134. The van der Waals surface area contributed by atoms with Crippen molar-refractivity contribution in [1.82, 2.24) is 14.2 Å². The van der Waals surface area contributed by atoms with Crippen LogP contribution in [0.2, 0.25) is 0 Å². The monoisotopic (exact) mass is 396 g/mol. The molecule has 27 heavy (non-hydrogen) atoms. The maximum atomic E-state index is 12.9. The van der Waals surface area contributed by atoms with E-state index in [4.69, 9.17) is 5.73 Å².